The summed E-state index contributed by atoms with van der Waals surface area (Å²) in [5, 5.41) is 2.89. The van der Waals surface area contributed by atoms with Crippen molar-refractivity contribution in [1.82, 2.24) is 15.1 Å². The van der Waals surface area contributed by atoms with E-state index in [0.717, 1.165) is 24.8 Å². The molecule has 1 N–H and O–H groups in total. The maximum Gasteiger partial charge on any atom is 0.318 e. The second-order valence-electron chi connectivity index (χ2n) is 7.74. The van der Waals surface area contributed by atoms with Crippen molar-refractivity contribution in [3.8, 4) is 0 Å². The van der Waals surface area contributed by atoms with Gasteiger partial charge in [-0.05, 0) is 63.1 Å². The number of urea groups is 1. The summed E-state index contributed by atoms with van der Waals surface area (Å²) in [4.78, 5) is 29.2. The minimum atomic E-state index is -0.395. The fourth-order valence-corrected chi connectivity index (χ4v) is 3.46. The highest BCUT2D eigenvalue weighted by atomic mass is 19.1. The lowest BCUT2D eigenvalue weighted by Crippen LogP contribution is -2.52. The zero-order valence-electron chi connectivity index (χ0n) is 15.6. The van der Waals surface area contributed by atoms with Crippen LogP contribution < -0.4 is 5.32 Å². The van der Waals surface area contributed by atoms with Crippen molar-refractivity contribution < 1.29 is 14.0 Å². The Morgan fingerprint density at radius 1 is 1.23 bits per heavy atom. The van der Waals surface area contributed by atoms with Gasteiger partial charge in [-0.25, -0.2) is 9.18 Å². The summed E-state index contributed by atoms with van der Waals surface area (Å²) in [5.41, 5.74) is 0.913. The van der Waals surface area contributed by atoms with Crippen molar-refractivity contribution in [1.29, 1.82) is 0 Å². The molecule has 142 valence electrons. The zero-order valence-corrected chi connectivity index (χ0v) is 15.6. The third-order valence-electron chi connectivity index (χ3n) is 4.98. The highest BCUT2D eigenvalue weighted by Gasteiger charge is 2.38. The molecule has 1 aliphatic heterocycles. The van der Waals surface area contributed by atoms with Crippen LogP contribution in [0.1, 0.15) is 45.1 Å². The van der Waals surface area contributed by atoms with Gasteiger partial charge in [-0.15, -0.1) is 0 Å². The first-order valence-electron chi connectivity index (χ1n) is 9.54. The molecule has 1 saturated carbocycles. The van der Waals surface area contributed by atoms with E-state index in [2.05, 4.69) is 5.32 Å². The lowest BCUT2D eigenvalue weighted by molar-refractivity contribution is -0.136. The normalized spacial score (nSPS) is 19.7. The van der Waals surface area contributed by atoms with Crippen molar-refractivity contribution in [2.24, 2.45) is 5.92 Å². The molecule has 1 heterocycles. The first kappa shape index (κ1) is 18.7. The maximum absolute atomic E-state index is 13.2. The van der Waals surface area contributed by atoms with Gasteiger partial charge in [0.1, 0.15) is 11.9 Å². The molecular weight excluding hydrogens is 333 g/mol. The van der Waals surface area contributed by atoms with E-state index in [1.807, 2.05) is 18.7 Å². The van der Waals surface area contributed by atoms with E-state index < -0.39 is 6.04 Å². The number of nitrogens with one attached hydrogen (secondary N) is 1. The third kappa shape index (κ3) is 4.74. The van der Waals surface area contributed by atoms with Gasteiger partial charge in [0.15, 0.2) is 0 Å². The Bertz CT molecular complexity index is 643. The quantitative estimate of drug-likeness (QED) is 0.846. The van der Waals surface area contributed by atoms with E-state index in [-0.39, 0.29) is 23.8 Å². The monoisotopic (exact) mass is 361 g/mol. The van der Waals surface area contributed by atoms with Crippen LogP contribution in [0.25, 0.3) is 0 Å². The van der Waals surface area contributed by atoms with E-state index in [1.54, 1.807) is 17.0 Å². The van der Waals surface area contributed by atoms with Crippen LogP contribution in [0.4, 0.5) is 9.18 Å². The van der Waals surface area contributed by atoms with Gasteiger partial charge in [0.05, 0.1) is 0 Å². The standard InChI is InChI=1S/C20H28FN3O2/c1-14(2)22-20(26)24-11-3-4-18(24)19(25)23(12-15-5-6-15)13-16-7-9-17(21)10-8-16/h7-10,14-15,18H,3-6,11-13H2,1-2H3,(H,22,26)/t18-/m0/s1. The lowest BCUT2D eigenvalue weighted by Gasteiger charge is -2.31. The molecule has 0 aromatic heterocycles. The maximum atomic E-state index is 13.2. The number of carbonyl (C=O) groups excluding carboxylic acids is 2. The number of rotatable bonds is 6. The Labute approximate surface area is 154 Å². The van der Waals surface area contributed by atoms with Gasteiger partial charge in [-0.3, -0.25) is 4.79 Å². The SMILES string of the molecule is CC(C)NC(=O)N1CCC[C@H]1C(=O)N(Cc1ccc(F)cc1)CC1CC1. The minimum Gasteiger partial charge on any atom is -0.336 e. The average molecular weight is 361 g/mol. The first-order chi connectivity index (χ1) is 12.4. The number of hydrogen-bond donors (Lipinski definition) is 1. The van der Waals surface area contributed by atoms with E-state index in [4.69, 9.17) is 0 Å². The molecule has 0 spiro atoms. The van der Waals surface area contributed by atoms with Gasteiger partial charge in [0, 0.05) is 25.7 Å². The molecule has 2 aliphatic rings. The molecule has 3 rings (SSSR count). The van der Waals surface area contributed by atoms with Crippen LogP contribution in [0.5, 0.6) is 0 Å². The summed E-state index contributed by atoms with van der Waals surface area (Å²) >= 11 is 0. The van der Waals surface area contributed by atoms with Gasteiger partial charge >= 0.3 is 6.03 Å². The lowest BCUT2D eigenvalue weighted by atomic mass is 10.1. The fraction of sp³-hybridized carbons (Fsp3) is 0.600. The second-order valence-corrected chi connectivity index (χ2v) is 7.74. The smallest absolute Gasteiger partial charge is 0.318 e. The van der Waals surface area contributed by atoms with Crippen molar-refractivity contribution in [3.05, 3.63) is 35.6 Å². The van der Waals surface area contributed by atoms with E-state index >= 15 is 0 Å². The van der Waals surface area contributed by atoms with E-state index in [1.165, 1.54) is 12.1 Å². The number of likely N-dealkylation sites (tertiary alicyclic amines) is 1. The van der Waals surface area contributed by atoms with Crippen LogP contribution in [0.3, 0.4) is 0 Å². The second kappa shape index (κ2) is 8.06. The molecule has 1 saturated heterocycles. The molecule has 6 heteroatoms. The molecule has 0 bridgehead atoms. The Morgan fingerprint density at radius 3 is 2.54 bits per heavy atom. The number of benzene rings is 1. The molecular formula is C20H28FN3O2. The largest absolute Gasteiger partial charge is 0.336 e. The Hall–Kier alpha value is -2.11. The molecule has 1 atom stereocenters. The Morgan fingerprint density at radius 2 is 1.92 bits per heavy atom. The zero-order chi connectivity index (χ0) is 18.7. The predicted molar refractivity (Wildman–Crippen MR) is 97.9 cm³/mol. The molecule has 1 aromatic rings. The van der Waals surface area contributed by atoms with Crippen LogP contribution in [0.15, 0.2) is 24.3 Å². The van der Waals surface area contributed by atoms with Crippen LogP contribution >= 0.6 is 0 Å². The summed E-state index contributed by atoms with van der Waals surface area (Å²) in [7, 11) is 0. The summed E-state index contributed by atoms with van der Waals surface area (Å²) in [6.07, 6.45) is 3.84. The highest BCUT2D eigenvalue weighted by Crippen LogP contribution is 2.31. The highest BCUT2D eigenvalue weighted by molar-refractivity contribution is 5.87. The Kier molecular flexibility index (Phi) is 5.79. The van der Waals surface area contributed by atoms with Crippen LogP contribution in [-0.4, -0.2) is 46.9 Å². The fourth-order valence-electron chi connectivity index (χ4n) is 3.46. The van der Waals surface area contributed by atoms with Crippen molar-refractivity contribution in [2.45, 2.75) is 58.2 Å². The van der Waals surface area contributed by atoms with Crippen LogP contribution in [0.2, 0.25) is 0 Å². The molecule has 0 radical (unpaired) electrons. The van der Waals surface area contributed by atoms with Crippen molar-refractivity contribution >= 4 is 11.9 Å². The van der Waals surface area contributed by atoms with E-state index in [9.17, 15) is 14.0 Å². The molecule has 26 heavy (non-hydrogen) atoms. The van der Waals surface area contributed by atoms with Crippen LogP contribution in [0, 0.1) is 11.7 Å². The van der Waals surface area contributed by atoms with Gasteiger partial charge in [-0.2, -0.15) is 0 Å². The first-order valence-corrected chi connectivity index (χ1v) is 9.54. The predicted octanol–water partition coefficient (Wildman–Crippen LogP) is 3.15. The summed E-state index contributed by atoms with van der Waals surface area (Å²) in [6, 6.07) is 5.78. The molecule has 5 nitrogen and oxygen atoms in total. The van der Waals surface area contributed by atoms with E-state index in [0.29, 0.717) is 32.0 Å². The van der Waals surface area contributed by atoms with Gasteiger partial charge < -0.3 is 15.1 Å². The number of nitrogens with zero attached hydrogens (tertiary/aromatic N) is 2. The van der Waals surface area contributed by atoms with Crippen molar-refractivity contribution in [3.63, 3.8) is 0 Å². The topological polar surface area (TPSA) is 52.7 Å². The van der Waals surface area contributed by atoms with Crippen LogP contribution in [-0.2, 0) is 11.3 Å². The minimum absolute atomic E-state index is 0.0117. The molecule has 1 aliphatic carbocycles. The number of hydrogen-bond acceptors (Lipinski definition) is 2. The number of amides is 3. The summed E-state index contributed by atoms with van der Waals surface area (Å²) < 4.78 is 13.2. The molecule has 2 fully saturated rings. The molecule has 1 aromatic carbocycles. The Balaban J connectivity index is 1.71. The number of halogens is 1. The average Bonchev–Trinajstić information content (AvgIpc) is 3.27. The molecule has 0 unspecified atom stereocenters. The molecule has 3 amide bonds. The third-order valence-corrected chi connectivity index (χ3v) is 4.98. The summed E-state index contributed by atoms with van der Waals surface area (Å²) in [5.74, 6) is 0.289. The van der Waals surface area contributed by atoms with Gasteiger partial charge in [-0.1, -0.05) is 12.1 Å². The van der Waals surface area contributed by atoms with Crippen molar-refractivity contribution in [2.75, 3.05) is 13.1 Å². The number of carbonyl (C=O) groups is 2. The van der Waals surface area contributed by atoms with Gasteiger partial charge in [0.25, 0.3) is 0 Å². The van der Waals surface area contributed by atoms with Gasteiger partial charge in [0.2, 0.25) is 5.91 Å². The summed E-state index contributed by atoms with van der Waals surface area (Å²) in [6.45, 7) is 5.62.